The van der Waals surface area contributed by atoms with Gasteiger partial charge in [0.2, 0.25) is 0 Å². The van der Waals surface area contributed by atoms with Crippen LogP contribution in [0.2, 0.25) is 0 Å². The molecule has 0 unspecified atom stereocenters. The first-order chi connectivity index (χ1) is 5.38. The fraction of sp³-hybridized carbons (Fsp3) is 0.125. The normalized spacial score (nSPS) is 8.18. The largest absolute Gasteiger partial charge is 0.259 e. The van der Waals surface area contributed by atoms with E-state index in [0.29, 0.717) is 11.3 Å². The third-order valence-corrected chi connectivity index (χ3v) is 1.26. The zero-order chi connectivity index (χ0) is 8.10. The molecule has 0 aliphatic heterocycles. The second-order valence-electron chi connectivity index (χ2n) is 1.94. The highest BCUT2D eigenvalue weighted by Gasteiger charge is 1.99. The van der Waals surface area contributed by atoms with E-state index in [1.165, 1.54) is 0 Å². The zero-order valence-corrected chi connectivity index (χ0v) is 5.78. The summed E-state index contributed by atoms with van der Waals surface area (Å²) in [4.78, 5) is 3.89. The molecule has 1 rings (SSSR count). The van der Waals surface area contributed by atoms with Crippen molar-refractivity contribution in [2.75, 3.05) is 0 Å². The van der Waals surface area contributed by atoms with Gasteiger partial charge in [-0.15, -0.1) is 0 Å². The molecule has 1 aromatic rings. The Morgan fingerprint density at radius 2 is 2.27 bits per heavy atom. The van der Waals surface area contributed by atoms with E-state index in [2.05, 4.69) is 4.98 Å². The minimum Gasteiger partial charge on any atom is -0.259 e. The number of pyridine rings is 1. The van der Waals surface area contributed by atoms with Gasteiger partial charge in [0.05, 0.1) is 23.7 Å². The summed E-state index contributed by atoms with van der Waals surface area (Å²) < 4.78 is 0. The highest BCUT2D eigenvalue weighted by molar-refractivity contribution is 5.33. The van der Waals surface area contributed by atoms with Crippen LogP contribution in [0.1, 0.15) is 11.3 Å². The molecule has 0 N–H and O–H groups in total. The van der Waals surface area contributed by atoms with E-state index in [0.717, 1.165) is 0 Å². The highest BCUT2D eigenvalue weighted by atomic mass is 14.7. The molecular weight excluding hydrogens is 138 g/mol. The Morgan fingerprint density at radius 3 is 2.91 bits per heavy atom. The topological polar surface area (TPSA) is 60.5 Å². The maximum atomic E-state index is 8.55. The van der Waals surface area contributed by atoms with Gasteiger partial charge >= 0.3 is 0 Å². The fourth-order valence-electron chi connectivity index (χ4n) is 0.756. The molecule has 1 heterocycles. The monoisotopic (exact) mass is 143 g/mol. The van der Waals surface area contributed by atoms with Gasteiger partial charge in [-0.2, -0.15) is 10.5 Å². The van der Waals surface area contributed by atoms with E-state index in [9.17, 15) is 0 Å². The van der Waals surface area contributed by atoms with Crippen molar-refractivity contribution in [3.05, 3.63) is 29.6 Å². The van der Waals surface area contributed by atoms with Gasteiger partial charge in [-0.05, 0) is 12.1 Å². The van der Waals surface area contributed by atoms with Crippen LogP contribution in [0.25, 0.3) is 0 Å². The van der Waals surface area contributed by atoms with E-state index in [-0.39, 0.29) is 6.42 Å². The second-order valence-corrected chi connectivity index (χ2v) is 1.94. The van der Waals surface area contributed by atoms with Crippen LogP contribution in [-0.4, -0.2) is 4.98 Å². The zero-order valence-electron chi connectivity index (χ0n) is 5.78. The summed E-state index contributed by atoms with van der Waals surface area (Å²) in [5.74, 6) is 0. The van der Waals surface area contributed by atoms with Gasteiger partial charge in [0.1, 0.15) is 6.07 Å². The summed E-state index contributed by atoms with van der Waals surface area (Å²) in [5, 5.41) is 16.9. The Morgan fingerprint density at radius 1 is 1.45 bits per heavy atom. The lowest BCUT2D eigenvalue weighted by molar-refractivity contribution is 1.10. The predicted octanol–water partition coefficient (Wildman–Crippen LogP) is 1.02. The molecule has 0 saturated heterocycles. The summed E-state index contributed by atoms with van der Waals surface area (Å²) in [6.45, 7) is 0. The fourth-order valence-corrected chi connectivity index (χ4v) is 0.756. The van der Waals surface area contributed by atoms with Crippen molar-refractivity contribution < 1.29 is 0 Å². The SMILES string of the molecule is N#CCc1ncccc1C#N. The van der Waals surface area contributed by atoms with Crippen molar-refractivity contribution in [2.24, 2.45) is 0 Å². The van der Waals surface area contributed by atoms with Crippen LogP contribution in [0.3, 0.4) is 0 Å². The van der Waals surface area contributed by atoms with Crippen LogP contribution in [0.15, 0.2) is 18.3 Å². The van der Waals surface area contributed by atoms with Gasteiger partial charge < -0.3 is 0 Å². The second kappa shape index (κ2) is 3.34. The summed E-state index contributed by atoms with van der Waals surface area (Å²) in [6.07, 6.45) is 1.78. The van der Waals surface area contributed by atoms with Gasteiger partial charge in [-0.1, -0.05) is 0 Å². The third-order valence-electron chi connectivity index (χ3n) is 1.26. The van der Waals surface area contributed by atoms with Gasteiger partial charge in [-0.3, -0.25) is 4.98 Å². The number of rotatable bonds is 1. The maximum absolute atomic E-state index is 8.55. The minimum absolute atomic E-state index is 0.198. The molecular formula is C8H5N3. The molecule has 0 saturated carbocycles. The maximum Gasteiger partial charge on any atom is 0.101 e. The Bertz CT molecular complexity index is 330. The lowest BCUT2D eigenvalue weighted by Gasteiger charge is -1.93. The van der Waals surface area contributed by atoms with E-state index < -0.39 is 0 Å². The molecule has 0 aliphatic carbocycles. The Balaban J connectivity index is 3.07. The average Bonchev–Trinajstić information content (AvgIpc) is 2.06. The Hall–Kier alpha value is -1.87. The Labute approximate surface area is 64.5 Å². The van der Waals surface area contributed by atoms with Crippen LogP contribution in [0.5, 0.6) is 0 Å². The van der Waals surface area contributed by atoms with Gasteiger partial charge in [0, 0.05) is 6.20 Å². The number of nitriles is 2. The van der Waals surface area contributed by atoms with Crippen molar-refractivity contribution in [3.8, 4) is 12.1 Å². The van der Waals surface area contributed by atoms with Gasteiger partial charge in [0.15, 0.2) is 0 Å². The van der Waals surface area contributed by atoms with Crippen LogP contribution < -0.4 is 0 Å². The van der Waals surface area contributed by atoms with Gasteiger partial charge in [0.25, 0.3) is 0 Å². The Kier molecular flexibility index (Phi) is 2.20. The molecule has 0 spiro atoms. The smallest absolute Gasteiger partial charge is 0.101 e. The molecule has 0 aliphatic rings. The van der Waals surface area contributed by atoms with Crippen molar-refractivity contribution in [1.29, 1.82) is 10.5 Å². The molecule has 3 heteroatoms. The van der Waals surface area contributed by atoms with Crippen molar-refractivity contribution >= 4 is 0 Å². The first kappa shape index (κ1) is 7.24. The molecule has 3 nitrogen and oxygen atoms in total. The minimum atomic E-state index is 0.198. The predicted molar refractivity (Wildman–Crippen MR) is 38.3 cm³/mol. The van der Waals surface area contributed by atoms with Crippen molar-refractivity contribution in [1.82, 2.24) is 4.98 Å². The van der Waals surface area contributed by atoms with Gasteiger partial charge in [-0.25, -0.2) is 0 Å². The molecule has 0 radical (unpaired) electrons. The molecule has 1 aromatic heterocycles. The molecule has 0 fully saturated rings. The quantitative estimate of drug-likeness (QED) is 0.589. The summed E-state index contributed by atoms with van der Waals surface area (Å²) in [6, 6.07) is 7.24. The standard InChI is InChI=1S/C8H5N3/c9-4-3-8-7(6-10)2-1-5-11-8/h1-2,5H,3H2. The number of nitrogens with zero attached hydrogens (tertiary/aromatic N) is 3. The van der Waals surface area contributed by atoms with Crippen LogP contribution >= 0.6 is 0 Å². The number of aromatic nitrogens is 1. The summed E-state index contributed by atoms with van der Waals surface area (Å²) >= 11 is 0. The third kappa shape index (κ3) is 1.53. The van der Waals surface area contributed by atoms with E-state index in [4.69, 9.17) is 10.5 Å². The lowest BCUT2D eigenvalue weighted by Crippen LogP contribution is -1.91. The molecule has 52 valence electrons. The first-order valence-corrected chi connectivity index (χ1v) is 3.09. The molecule has 0 aromatic carbocycles. The van der Waals surface area contributed by atoms with Crippen molar-refractivity contribution in [3.63, 3.8) is 0 Å². The molecule has 0 amide bonds. The average molecular weight is 143 g/mol. The summed E-state index contributed by atoms with van der Waals surface area (Å²) in [7, 11) is 0. The molecule has 0 bridgehead atoms. The van der Waals surface area contributed by atoms with E-state index in [1.54, 1.807) is 18.3 Å². The van der Waals surface area contributed by atoms with Crippen LogP contribution in [0, 0.1) is 22.7 Å². The highest BCUT2D eigenvalue weighted by Crippen LogP contribution is 2.02. The van der Waals surface area contributed by atoms with Crippen LogP contribution in [-0.2, 0) is 6.42 Å². The lowest BCUT2D eigenvalue weighted by atomic mass is 10.2. The van der Waals surface area contributed by atoms with E-state index in [1.807, 2.05) is 12.1 Å². The number of hydrogen-bond acceptors (Lipinski definition) is 3. The molecule has 11 heavy (non-hydrogen) atoms. The van der Waals surface area contributed by atoms with E-state index >= 15 is 0 Å². The van der Waals surface area contributed by atoms with Crippen molar-refractivity contribution in [2.45, 2.75) is 6.42 Å². The number of hydrogen-bond donors (Lipinski definition) is 0. The van der Waals surface area contributed by atoms with Crippen LogP contribution in [0.4, 0.5) is 0 Å². The summed E-state index contributed by atoms with van der Waals surface area (Å²) in [5.41, 5.74) is 1.03. The first-order valence-electron chi connectivity index (χ1n) is 3.09. The molecule has 0 atom stereocenters.